The van der Waals surface area contributed by atoms with Gasteiger partial charge in [-0.2, -0.15) is 0 Å². The molecule has 2 N–H and O–H groups in total. The highest BCUT2D eigenvalue weighted by atomic mass is 16.3. The van der Waals surface area contributed by atoms with Gasteiger partial charge in [-0.05, 0) is 38.0 Å². The van der Waals surface area contributed by atoms with Crippen LogP contribution in [0.15, 0.2) is 0 Å². The van der Waals surface area contributed by atoms with Gasteiger partial charge in [0.2, 0.25) is 0 Å². The van der Waals surface area contributed by atoms with E-state index < -0.39 is 0 Å². The highest BCUT2D eigenvalue weighted by Gasteiger charge is 2.11. The summed E-state index contributed by atoms with van der Waals surface area (Å²) in [5, 5.41) is 17.7. The molecule has 3 heteroatoms. The SMILES string of the molecule is C[N+](C)(C)CCCC(CCO)CCCO. The summed E-state index contributed by atoms with van der Waals surface area (Å²) in [4.78, 5) is 0. The van der Waals surface area contributed by atoms with Gasteiger partial charge in [0.05, 0.1) is 27.7 Å². The maximum Gasteiger partial charge on any atom is 0.0780 e. The normalized spacial score (nSPS) is 14.2. The number of nitrogens with zero attached hydrogens (tertiary/aromatic N) is 1. The van der Waals surface area contributed by atoms with Crippen molar-refractivity contribution in [1.29, 1.82) is 0 Å². The first-order valence-corrected chi connectivity index (χ1v) is 6.02. The highest BCUT2D eigenvalue weighted by Crippen LogP contribution is 2.17. The van der Waals surface area contributed by atoms with Gasteiger partial charge in [0.15, 0.2) is 0 Å². The zero-order valence-corrected chi connectivity index (χ0v) is 10.6. The Morgan fingerprint density at radius 3 is 1.93 bits per heavy atom. The van der Waals surface area contributed by atoms with Gasteiger partial charge >= 0.3 is 0 Å². The van der Waals surface area contributed by atoms with Crippen molar-refractivity contribution in [2.24, 2.45) is 5.92 Å². The minimum Gasteiger partial charge on any atom is -0.396 e. The smallest absolute Gasteiger partial charge is 0.0780 e. The Labute approximate surface area is 94.3 Å². The van der Waals surface area contributed by atoms with E-state index in [0.29, 0.717) is 5.92 Å². The van der Waals surface area contributed by atoms with Crippen LogP contribution in [0.1, 0.15) is 32.1 Å². The average Bonchev–Trinajstić information content (AvgIpc) is 2.12. The molecule has 3 nitrogen and oxygen atoms in total. The molecule has 1 atom stereocenters. The molecule has 15 heavy (non-hydrogen) atoms. The van der Waals surface area contributed by atoms with Crippen LogP contribution in [0.25, 0.3) is 0 Å². The van der Waals surface area contributed by atoms with Gasteiger partial charge in [0.1, 0.15) is 0 Å². The van der Waals surface area contributed by atoms with Gasteiger partial charge in [-0.1, -0.05) is 0 Å². The van der Waals surface area contributed by atoms with Crippen molar-refractivity contribution in [2.75, 3.05) is 40.9 Å². The minimum absolute atomic E-state index is 0.275. The fourth-order valence-electron chi connectivity index (χ4n) is 1.85. The summed E-state index contributed by atoms with van der Waals surface area (Å²) in [5.74, 6) is 0.591. The molecule has 0 saturated heterocycles. The van der Waals surface area contributed by atoms with Crippen molar-refractivity contribution in [2.45, 2.75) is 32.1 Å². The monoisotopic (exact) mass is 218 g/mol. The molecule has 0 aliphatic rings. The maximum atomic E-state index is 8.93. The van der Waals surface area contributed by atoms with Crippen molar-refractivity contribution < 1.29 is 14.7 Å². The van der Waals surface area contributed by atoms with Gasteiger partial charge in [-0.25, -0.2) is 0 Å². The second kappa shape index (κ2) is 8.08. The Morgan fingerprint density at radius 1 is 0.867 bits per heavy atom. The molecule has 0 fully saturated rings. The second-order valence-corrected chi connectivity index (χ2v) is 5.40. The molecule has 0 amide bonds. The molecule has 0 heterocycles. The van der Waals surface area contributed by atoms with Crippen LogP contribution in [0, 0.1) is 5.92 Å². The summed E-state index contributed by atoms with van der Waals surface area (Å²) >= 11 is 0. The lowest BCUT2D eigenvalue weighted by molar-refractivity contribution is -0.870. The Kier molecular flexibility index (Phi) is 8.02. The Bertz CT molecular complexity index is 143. The lowest BCUT2D eigenvalue weighted by atomic mass is 9.94. The third-order valence-electron chi connectivity index (χ3n) is 2.75. The molecule has 1 unspecified atom stereocenters. The van der Waals surface area contributed by atoms with E-state index in [1.54, 1.807) is 0 Å². The number of hydrogen-bond donors (Lipinski definition) is 2. The van der Waals surface area contributed by atoms with Crippen LogP contribution in [0.5, 0.6) is 0 Å². The average molecular weight is 218 g/mol. The molecule has 0 aromatic rings. The molecular formula is C12H28NO2+. The van der Waals surface area contributed by atoms with E-state index in [2.05, 4.69) is 21.1 Å². The second-order valence-electron chi connectivity index (χ2n) is 5.40. The van der Waals surface area contributed by atoms with Gasteiger partial charge in [-0.3, -0.25) is 0 Å². The van der Waals surface area contributed by atoms with E-state index >= 15 is 0 Å². The molecule has 0 radical (unpaired) electrons. The highest BCUT2D eigenvalue weighted by molar-refractivity contribution is 4.59. The fourth-order valence-corrected chi connectivity index (χ4v) is 1.85. The van der Waals surface area contributed by atoms with Crippen LogP contribution in [0.2, 0.25) is 0 Å². The number of aliphatic hydroxyl groups excluding tert-OH is 2. The van der Waals surface area contributed by atoms with Gasteiger partial charge < -0.3 is 14.7 Å². The first-order chi connectivity index (χ1) is 6.99. The molecule has 0 aliphatic heterocycles. The van der Waals surface area contributed by atoms with Crippen molar-refractivity contribution in [3.8, 4) is 0 Å². The van der Waals surface area contributed by atoms with Crippen molar-refractivity contribution in [3.63, 3.8) is 0 Å². The summed E-state index contributed by atoms with van der Waals surface area (Å²) < 4.78 is 1.01. The van der Waals surface area contributed by atoms with Crippen molar-refractivity contribution in [1.82, 2.24) is 0 Å². The number of quaternary nitrogens is 1. The predicted molar refractivity (Wildman–Crippen MR) is 63.6 cm³/mol. The number of rotatable bonds is 9. The molecule has 0 aromatic carbocycles. The van der Waals surface area contributed by atoms with Crippen LogP contribution in [0.3, 0.4) is 0 Å². The molecule has 0 aliphatic carbocycles. The molecule has 0 spiro atoms. The number of aliphatic hydroxyl groups is 2. The van der Waals surface area contributed by atoms with E-state index in [1.807, 2.05) is 0 Å². The summed E-state index contributed by atoms with van der Waals surface area (Å²) in [6.45, 7) is 1.73. The minimum atomic E-state index is 0.275. The van der Waals surface area contributed by atoms with E-state index in [-0.39, 0.29) is 13.2 Å². The summed E-state index contributed by atoms with van der Waals surface area (Å²) in [6, 6.07) is 0. The predicted octanol–water partition coefficient (Wildman–Crippen LogP) is 1.24. The van der Waals surface area contributed by atoms with E-state index in [0.717, 1.165) is 23.7 Å². The molecule has 92 valence electrons. The number of hydrogen-bond acceptors (Lipinski definition) is 2. The van der Waals surface area contributed by atoms with E-state index in [9.17, 15) is 0 Å². The van der Waals surface area contributed by atoms with E-state index in [4.69, 9.17) is 10.2 Å². The first kappa shape index (κ1) is 14.9. The fraction of sp³-hybridized carbons (Fsp3) is 1.00. The van der Waals surface area contributed by atoms with Crippen LogP contribution >= 0.6 is 0 Å². The molecule has 0 saturated carbocycles. The lowest BCUT2D eigenvalue weighted by Gasteiger charge is -2.25. The zero-order valence-electron chi connectivity index (χ0n) is 10.6. The van der Waals surface area contributed by atoms with E-state index in [1.165, 1.54) is 19.4 Å². The first-order valence-electron chi connectivity index (χ1n) is 6.02. The van der Waals surface area contributed by atoms with Crippen molar-refractivity contribution >= 4 is 0 Å². The topological polar surface area (TPSA) is 40.5 Å². The summed E-state index contributed by atoms with van der Waals surface area (Å²) in [7, 11) is 6.61. The van der Waals surface area contributed by atoms with Crippen LogP contribution in [0.4, 0.5) is 0 Å². The van der Waals surface area contributed by atoms with Gasteiger partial charge in [0, 0.05) is 13.2 Å². The van der Waals surface area contributed by atoms with Gasteiger partial charge in [-0.15, -0.1) is 0 Å². The van der Waals surface area contributed by atoms with Crippen molar-refractivity contribution in [3.05, 3.63) is 0 Å². The Morgan fingerprint density at radius 2 is 1.47 bits per heavy atom. The molecule has 0 aromatic heterocycles. The summed E-state index contributed by atoms with van der Waals surface area (Å²) in [5.41, 5.74) is 0. The molecule has 0 rings (SSSR count). The van der Waals surface area contributed by atoms with Crippen LogP contribution in [-0.4, -0.2) is 55.6 Å². The summed E-state index contributed by atoms with van der Waals surface area (Å²) in [6.07, 6.45) is 5.19. The van der Waals surface area contributed by atoms with Crippen LogP contribution < -0.4 is 0 Å². The largest absolute Gasteiger partial charge is 0.396 e. The molecular weight excluding hydrogens is 190 g/mol. The third kappa shape index (κ3) is 10.2. The quantitative estimate of drug-likeness (QED) is 0.572. The standard InChI is InChI=1S/C12H28NO2/c1-13(2,3)9-4-6-12(8-11-15)7-5-10-14/h12,14-15H,4-11H2,1-3H3/q+1. The van der Waals surface area contributed by atoms with Crippen LogP contribution in [-0.2, 0) is 0 Å². The Balaban J connectivity index is 3.65. The Hall–Kier alpha value is -0.120. The third-order valence-corrected chi connectivity index (χ3v) is 2.75. The lowest BCUT2D eigenvalue weighted by Crippen LogP contribution is -2.35. The zero-order chi connectivity index (χ0) is 11.7. The molecule has 0 bridgehead atoms. The van der Waals surface area contributed by atoms with Gasteiger partial charge in [0.25, 0.3) is 0 Å². The maximum absolute atomic E-state index is 8.93.